The number of fused-ring (bicyclic) bond motifs is 5. The molecule has 2 aliphatic heterocycles. The van der Waals surface area contributed by atoms with Gasteiger partial charge in [-0.2, -0.15) is 0 Å². The topological polar surface area (TPSA) is 95.1 Å². The minimum Gasteiger partial charge on any atom is -0.490 e. The van der Waals surface area contributed by atoms with E-state index in [4.69, 9.17) is 14.6 Å². The number of nitrogens with one attached hydrogen (secondary N) is 1. The molecule has 1 saturated heterocycles. The number of unbranched alkanes of at least 4 members (excludes halogenated alkanes) is 2. The first-order chi connectivity index (χ1) is 18.9. The molecule has 2 aliphatic rings. The number of H-pyrrole nitrogens is 1. The molecule has 0 aliphatic carbocycles. The molecular weight excluding hydrogens is 494 g/mol. The van der Waals surface area contributed by atoms with E-state index in [0.29, 0.717) is 44.2 Å². The summed E-state index contributed by atoms with van der Waals surface area (Å²) in [7, 11) is 0. The predicted octanol–water partition coefficient (Wildman–Crippen LogP) is 4.55. The lowest BCUT2D eigenvalue weighted by Crippen LogP contribution is -2.67. The van der Waals surface area contributed by atoms with E-state index < -0.39 is 5.54 Å². The molecule has 8 nitrogen and oxygen atoms in total. The first-order valence-corrected chi connectivity index (χ1v) is 14.1. The van der Waals surface area contributed by atoms with Crippen LogP contribution in [-0.2, 0) is 15.1 Å². The molecule has 1 aromatic heterocycles. The Morgan fingerprint density at radius 2 is 1.87 bits per heavy atom. The molecule has 1 unspecified atom stereocenters. The summed E-state index contributed by atoms with van der Waals surface area (Å²) in [6, 6.07) is 14.1. The van der Waals surface area contributed by atoms with Gasteiger partial charge < -0.3 is 29.4 Å². The van der Waals surface area contributed by atoms with E-state index in [1.54, 1.807) is 9.80 Å². The van der Waals surface area contributed by atoms with Gasteiger partial charge in [0, 0.05) is 36.5 Å². The zero-order valence-corrected chi connectivity index (χ0v) is 23.2. The molecule has 2 aromatic carbocycles. The average molecular weight is 534 g/mol. The lowest BCUT2D eigenvalue weighted by atomic mass is 9.76. The fourth-order valence-electron chi connectivity index (χ4n) is 6.09. The Morgan fingerprint density at radius 3 is 2.64 bits per heavy atom. The number of aliphatic hydroxyl groups is 1. The van der Waals surface area contributed by atoms with Gasteiger partial charge in [-0.3, -0.25) is 9.59 Å². The van der Waals surface area contributed by atoms with E-state index in [1.165, 1.54) is 0 Å². The van der Waals surface area contributed by atoms with Crippen LogP contribution in [0.15, 0.2) is 42.5 Å². The first kappa shape index (κ1) is 27.1. The summed E-state index contributed by atoms with van der Waals surface area (Å²) in [6.45, 7) is 8.13. The van der Waals surface area contributed by atoms with Crippen molar-refractivity contribution in [2.75, 3.05) is 39.5 Å². The Balaban J connectivity index is 1.60. The van der Waals surface area contributed by atoms with Gasteiger partial charge in [-0.1, -0.05) is 31.2 Å². The number of benzene rings is 2. The number of hydrogen-bond donors (Lipinski definition) is 2. The van der Waals surface area contributed by atoms with Crippen molar-refractivity contribution in [2.24, 2.45) is 0 Å². The molecule has 0 bridgehead atoms. The molecule has 2 atom stereocenters. The van der Waals surface area contributed by atoms with Gasteiger partial charge in [0.15, 0.2) is 17.0 Å². The summed E-state index contributed by atoms with van der Waals surface area (Å²) in [5.74, 6) is 1.14. The monoisotopic (exact) mass is 533 g/mol. The van der Waals surface area contributed by atoms with Crippen LogP contribution < -0.4 is 9.47 Å². The molecular formula is C31H39N3O5. The van der Waals surface area contributed by atoms with E-state index in [1.807, 2.05) is 44.2 Å². The van der Waals surface area contributed by atoms with Crippen molar-refractivity contribution < 1.29 is 24.2 Å². The highest BCUT2D eigenvalue weighted by atomic mass is 16.5. The highest BCUT2D eigenvalue weighted by molar-refractivity contribution is 6.01. The van der Waals surface area contributed by atoms with E-state index >= 15 is 0 Å². The summed E-state index contributed by atoms with van der Waals surface area (Å²) >= 11 is 0. The number of aromatic amines is 1. The second-order valence-corrected chi connectivity index (χ2v) is 10.6. The molecule has 2 N–H and O–H groups in total. The van der Waals surface area contributed by atoms with E-state index in [0.717, 1.165) is 47.0 Å². The molecule has 0 radical (unpaired) electrons. The lowest BCUT2D eigenvalue weighted by Gasteiger charge is -2.51. The van der Waals surface area contributed by atoms with Crippen molar-refractivity contribution in [3.05, 3.63) is 59.3 Å². The Morgan fingerprint density at radius 1 is 1.05 bits per heavy atom. The third kappa shape index (κ3) is 4.75. The number of carbonyl (C=O) groups excluding carboxylic acids is 2. The summed E-state index contributed by atoms with van der Waals surface area (Å²) < 4.78 is 11.9. The van der Waals surface area contributed by atoms with Crippen molar-refractivity contribution in [3.8, 4) is 11.5 Å². The number of para-hydroxylation sites is 1. The number of aliphatic hydroxyl groups excluding tert-OH is 1. The lowest BCUT2D eigenvalue weighted by molar-refractivity contribution is -0.166. The summed E-state index contributed by atoms with van der Waals surface area (Å²) in [5, 5.41) is 10.2. The summed E-state index contributed by atoms with van der Waals surface area (Å²) in [4.78, 5) is 34.8. The van der Waals surface area contributed by atoms with E-state index in [2.05, 4.69) is 24.0 Å². The van der Waals surface area contributed by atoms with Crippen LogP contribution in [0.3, 0.4) is 0 Å². The standard InChI is InChI=1S/C31H39N3O5/c1-4-17-39-25-14-13-21(18-26(25)38-5-2)23-19-34-27(36)20-33(15-9-6-10-16-35)30(37)31(34,3)29-28(23)22-11-7-8-12-24(22)32-29/h7-8,11-14,18,23,32,35H,4-6,9-10,15-17,19-20H2,1-3H3/t23?,31-/m0/s1. The molecule has 1 fully saturated rings. The Kier molecular flexibility index (Phi) is 7.84. The molecule has 3 heterocycles. The molecule has 0 saturated carbocycles. The van der Waals surface area contributed by atoms with Crippen LogP contribution in [0.4, 0.5) is 0 Å². The SMILES string of the molecule is CCCOc1ccc(C2CN3C(=O)CN(CCCCCO)C(=O)[C@]3(C)c3[nH]c4ccccc4c32)cc1OCC. The van der Waals surface area contributed by atoms with Crippen molar-refractivity contribution in [1.82, 2.24) is 14.8 Å². The number of rotatable bonds is 11. The summed E-state index contributed by atoms with van der Waals surface area (Å²) in [6.07, 6.45) is 3.16. The van der Waals surface area contributed by atoms with Gasteiger partial charge in [0.25, 0.3) is 5.91 Å². The molecule has 5 rings (SSSR count). The van der Waals surface area contributed by atoms with Crippen LogP contribution in [0.25, 0.3) is 10.9 Å². The zero-order valence-electron chi connectivity index (χ0n) is 23.2. The molecule has 8 heteroatoms. The van der Waals surface area contributed by atoms with Gasteiger partial charge in [0.2, 0.25) is 5.91 Å². The number of ether oxygens (including phenoxy) is 2. The molecule has 39 heavy (non-hydrogen) atoms. The molecule has 2 amide bonds. The maximum absolute atomic E-state index is 14.1. The Bertz CT molecular complexity index is 1350. The minimum atomic E-state index is -1.12. The van der Waals surface area contributed by atoms with Crippen LogP contribution in [0.1, 0.15) is 69.2 Å². The van der Waals surface area contributed by atoms with Gasteiger partial charge in [-0.15, -0.1) is 0 Å². The highest BCUT2D eigenvalue weighted by Gasteiger charge is 2.56. The second kappa shape index (κ2) is 11.3. The second-order valence-electron chi connectivity index (χ2n) is 10.6. The van der Waals surface area contributed by atoms with Crippen molar-refractivity contribution >= 4 is 22.7 Å². The van der Waals surface area contributed by atoms with Crippen LogP contribution in [0.5, 0.6) is 11.5 Å². The third-order valence-electron chi connectivity index (χ3n) is 8.04. The number of aromatic nitrogens is 1. The van der Waals surface area contributed by atoms with Crippen LogP contribution in [0.2, 0.25) is 0 Å². The fourth-order valence-corrected chi connectivity index (χ4v) is 6.09. The largest absolute Gasteiger partial charge is 0.490 e. The van der Waals surface area contributed by atoms with Crippen LogP contribution in [-0.4, -0.2) is 71.2 Å². The van der Waals surface area contributed by atoms with Crippen LogP contribution in [0, 0.1) is 0 Å². The predicted molar refractivity (Wildman–Crippen MR) is 150 cm³/mol. The first-order valence-electron chi connectivity index (χ1n) is 14.1. The van der Waals surface area contributed by atoms with Gasteiger partial charge >= 0.3 is 0 Å². The minimum absolute atomic E-state index is 0.0542. The molecule has 3 aromatic rings. The number of nitrogens with zero attached hydrogens (tertiary/aromatic N) is 2. The van der Waals surface area contributed by atoms with Crippen molar-refractivity contribution in [3.63, 3.8) is 0 Å². The van der Waals surface area contributed by atoms with E-state index in [9.17, 15) is 9.59 Å². The maximum atomic E-state index is 14.1. The van der Waals surface area contributed by atoms with Gasteiger partial charge in [0.1, 0.15) is 0 Å². The quantitative estimate of drug-likeness (QED) is 0.353. The third-order valence-corrected chi connectivity index (χ3v) is 8.04. The van der Waals surface area contributed by atoms with Gasteiger partial charge in [-0.05, 0) is 68.9 Å². The van der Waals surface area contributed by atoms with Crippen LogP contribution >= 0.6 is 0 Å². The number of carbonyl (C=O) groups is 2. The summed E-state index contributed by atoms with van der Waals surface area (Å²) in [5.41, 5.74) is 2.68. The maximum Gasteiger partial charge on any atom is 0.254 e. The van der Waals surface area contributed by atoms with Crippen molar-refractivity contribution in [2.45, 2.75) is 57.9 Å². The van der Waals surface area contributed by atoms with Gasteiger partial charge in [0.05, 0.1) is 25.5 Å². The molecule has 0 spiro atoms. The highest BCUT2D eigenvalue weighted by Crippen LogP contribution is 2.49. The normalized spacial score (nSPS) is 20.8. The number of piperazine rings is 1. The average Bonchev–Trinajstić information content (AvgIpc) is 3.34. The molecule has 208 valence electrons. The zero-order chi connectivity index (χ0) is 27.6. The number of amides is 2. The smallest absolute Gasteiger partial charge is 0.254 e. The Hall–Kier alpha value is -3.52. The van der Waals surface area contributed by atoms with Gasteiger partial charge in [-0.25, -0.2) is 0 Å². The van der Waals surface area contributed by atoms with E-state index in [-0.39, 0.29) is 30.9 Å². The fraction of sp³-hybridized carbons (Fsp3) is 0.484. The van der Waals surface area contributed by atoms with Crippen molar-refractivity contribution in [1.29, 1.82) is 0 Å². The number of hydrogen-bond acceptors (Lipinski definition) is 5. The Labute approximate surface area is 229 Å².